The standard InChI is InChI=1S/C57H49N4O.Pt/c1-38-30-55(58-36-50(38)41-26-24-40(25-27-41)39-16-9-8-10-17-39)61-51-21-12-11-20-48(51)49-29-28-47(35-54(49)61)62-46-19-15-18-44(34-46)59-37-60(53-23-14-13-22-52(53)59)45-32-42(56(2,3)4)31-43(33-45)57(5,6)7;/h8-33,36-37H,1-7H3;/q-3;. The Balaban J connectivity index is 0.00000504. The van der Waals surface area contributed by atoms with Crippen LogP contribution in [0.25, 0.3) is 49.9 Å². The van der Waals surface area contributed by atoms with E-state index in [4.69, 9.17) is 9.72 Å². The van der Waals surface area contributed by atoms with E-state index in [1.807, 2.05) is 30.5 Å². The van der Waals surface area contributed by atoms with Gasteiger partial charge in [-0.2, -0.15) is 12.1 Å². The molecule has 5 nitrogen and oxygen atoms in total. The van der Waals surface area contributed by atoms with Crippen LogP contribution < -0.4 is 14.5 Å². The van der Waals surface area contributed by atoms with E-state index in [-0.39, 0.29) is 31.9 Å². The van der Waals surface area contributed by atoms with Gasteiger partial charge in [0, 0.05) is 66.9 Å². The minimum absolute atomic E-state index is 0. The van der Waals surface area contributed by atoms with Crippen molar-refractivity contribution in [1.82, 2.24) is 9.55 Å². The quantitative estimate of drug-likeness (QED) is 0.149. The van der Waals surface area contributed by atoms with Crippen molar-refractivity contribution in [2.24, 2.45) is 0 Å². The Labute approximate surface area is 385 Å². The number of nitrogens with zero attached hydrogens (tertiary/aromatic N) is 4. The number of rotatable bonds is 7. The van der Waals surface area contributed by atoms with Crippen LogP contribution >= 0.6 is 0 Å². The third kappa shape index (κ3) is 7.96. The molecule has 1 aliphatic heterocycles. The van der Waals surface area contributed by atoms with Gasteiger partial charge in [-0.3, -0.25) is 0 Å². The number of aromatic nitrogens is 2. The molecule has 6 heteroatoms. The fourth-order valence-corrected chi connectivity index (χ4v) is 8.49. The van der Waals surface area contributed by atoms with Crippen molar-refractivity contribution in [1.29, 1.82) is 0 Å². The number of ether oxygens (including phenoxy) is 1. The number of benzene rings is 7. The molecule has 9 aromatic rings. The summed E-state index contributed by atoms with van der Waals surface area (Å²) in [5.41, 5.74) is 14.6. The molecule has 0 unspecified atom stereocenters. The van der Waals surface area contributed by atoms with Gasteiger partial charge < -0.3 is 19.1 Å². The molecule has 0 fully saturated rings. The van der Waals surface area contributed by atoms with Crippen LogP contribution in [0.3, 0.4) is 0 Å². The molecule has 63 heavy (non-hydrogen) atoms. The van der Waals surface area contributed by atoms with E-state index in [1.165, 1.54) is 22.3 Å². The summed E-state index contributed by atoms with van der Waals surface area (Å²) in [5.74, 6) is 2.03. The number of anilines is 4. The Kier molecular flexibility index (Phi) is 10.9. The van der Waals surface area contributed by atoms with Crippen LogP contribution in [0.2, 0.25) is 0 Å². The molecule has 0 atom stereocenters. The molecule has 316 valence electrons. The normalized spacial score (nSPS) is 12.7. The molecular weight excluding hydrogens is 952 g/mol. The van der Waals surface area contributed by atoms with E-state index < -0.39 is 0 Å². The topological polar surface area (TPSA) is 33.5 Å². The zero-order valence-electron chi connectivity index (χ0n) is 36.7. The van der Waals surface area contributed by atoms with Crippen LogP contribution in [0.1, 0.15) is 58.2 Å². The second-order valence-corrected chi connectivity index (χ2v) is 18.4. The first-order valence-corrected chi connectivity index (χ1v) is 21.4. The van der Waals surface area contributed by atoms with E-state index in [9.17, 15) is 0 Å². The summed E-state index contributed by atoms with van der Waals surface area (Å²) in [5, 5.41) is 2.22. The van der Waals surface area contributed by atoms with Gasteiger partial charge in [-0.1, -0.05) is 138 Å². The molecule has 0 radical (unpaired) electrons. The van der Waals surface area contributed by atoms with E-state index in [1.54, 1.807) is 0 Å². The summed E-state index contributed by atoms with van der Waals surface area (Å²) in [6, 6.07) is 62.8. The van der Waals surface area contributed by atoms with Crippen LogP contribution in [0.4, 0.5) is 22.7 Å². The summed E-state index contributed by atoms with van der Waals surface area (Å²) < 4.78 is 8.81. The first-order chi connectivity index (χ1) is 29.9. The molecule has 3 heterocycles. The van der Waals surface area contributed by atoms with Gasteiger partial charge in [-0.05, 0) is 92.9 Å². The van der Waals surface area contributed by atoms with Crippen molar-refractivity contribution < 1.29 is 25.8 Å². The average molecular weight is 1000 g/mol. The second kappa shape index (κ2) is 16.4. The maximum absolute atomic E-state index is 6.62. The molecule has 0 aliphatic carbocycles. The Hall–Kier alpha value is -6.42. The van der Waals surface area contributed by atoms with Crippen LogP contribution in [0, 0.1) is 25.7 Å². The molecule has 0 spiro atoms. The van der Waals surface area contributed by atoms with Crippen molar-refractivity contribution in [2.45, 2.75) is 59.3 Å². The molecule has 10 rings (SSSR count). The summed E-state index contributed by atoms with van der Waals surface area (Å²) in [7, 11) is 0. The smallest absolute Gasteiger partial charge is 0.135 e. The van der Waals surface area contributed by atoms with Gasteiger partial charge in [-0.15, -0.1) is 48.1 Å². The van der Waals surface area contributed by atoms with Gasteiger partial charge in [0.1, 0.15) is 5.82 Å². The van der Waals surface area contributed by atoms with Crippen molar-refractivity contribution in [2.75, 3.05) is 9.80 Å². The maximum atomic E-state index is 6.62. The van der Waals surface area contributed by atoms with Gasteiger partial charge in [0.05, 0.1) is 0 Å². The monoisotopic (exact) mass is 1000 g/mol. The first-order valence-electron chi connectivity index (χ1n) is 21.4. The van der Waals surface area contributed by atoms with Crippen LogP contribution in [0.15, 0.2) is 164 Å². The minimum Gasteiger partial charge on any atom is -0.509 e. The van der Waals surface area contributed by atoms with Crippen LogP contribution in [-0.2, 0) is 31.9 Å². The number of para-hydroxylation sites is 3. The maximum Gasteiger partial charge on any atom is 0.135 e. The zero-order chi connectivity index (χ0) is 42.8. The predicted octanol–water partition coefficient (Wildman–Crippen LogP) is 15.2. The van der Waals surface area contributed by atoms with Crippen molar-refractivity contribution in [3.63, 3.8) is 0 Å². The largest absolute Gasteiger partial charge is 0.509 e. The second-order valence-electron chi connectivity index (χ2n) is 18.4. The average Bonchev–Trinajstić information content (AvgIpc) is 3.82. The van der Waals surface area contributed by atoms with Crippen LogP contribution in [-0.4, -0.2) is 9.55 Å². The number of fused-ring (bicyclic) bond motifs is 4. The molecule has 0 saturated heterocycles. The third-order valence-corrected chi connectivity index (χ3v) is 12.0. The van der Waals surface area contributed by atoms with E-state index in [2.05, 4.69) is 215 Å². The number of aryl methyl sites for hydroxylation is 1. The zero-order valence-corrected chi connectivity index (χ0v) is 39.0. The predicted molar refractivity (Wildman–Crippen MR) is 257 cm³/mol. The van der Waals surface area contributed by atoms with Gasteiger partial charge in [0.2, 0.25) is 0 Å². The molecule has 0 saturated carbocycles. The summed E-state index contributed by atoms with van der Waals surface area (Å²) in [6.07, 6.45) is 1.99. The van der Waals surface area contributed by atoms with Gasteiger partial charge in [0.15, 0.2) is 0 Å². The molecule has 0 bridgehead atoms. The van der Waals surface area contributed by atoms with E-state index >= 15 is 0 Å². The fourth-order valence-electron chi connectivity index (χ4n) is 8.49. The summed E-state index contributed by atoms with van der Waals surface area (Å²) >= 11 is 0. The summed E-state index contributed by atoms with van der Waals surface area (Å²) in [4.78, 5) is 9.57. The number of pyridine rings is 1. The first kappa shape index (κ1) is 41.9. The van der Waals surface area contributed by atoms with E-state index in [0.29, 0.717) is 11.5 Å². The van der Waals surface area contributed by atoms with Crippen molar-refractivity contribution in [3.05, 3.63) is 199 Å². The van der Waals surface area contributed by atoms with Gasteiger partial charge in [0.25, 0.3) is 0 Å². The Morgan fingerprint density at radius 2 is 1.17 bits per heavy atom. The van der Waals surface area contributed by atoms with Crippen molar-refractivity contribution in [3.8, 4) is 39.6 Å². The number of hydrogen-bond donors (Lipinski definition) is 0. The molecular formula is C57H49N4OPt-3. The summed E-state index contributed by atoms with van der Waals surface area (Å²) in [6.45, 7) is 18.0. The Morgan fingerprint density at radius 1 is 0.556 bits per heavy atom. The SMILES string of the molecule is Cc1cc(-n2c3[c-]c(Oc4[c-]c(N5[CH-]N(c6cc(C(C)(C)C)cc(C(C)(C)C)c6)c6ccccc65)ccc4)ccc3c3ccccc32)ncc1-c1ccc(-c2ccccc2)cc1.[Pt]. The fraction of sp³-hybridized carbons (Fsp3) is 0.158. The molecule has 1 aliphatic rings. The van der Waals surface area contributed by atoms with Gasteiger partial charge >= 0.3 is 0 Å². The molecule has 0 N–H and O–H groups in total. The Morgan fingerprint density at radius 3 is 1.87 bits per heavy atom. The van der Waals surface area contributed by atoms with Crippen LogP contribution in [0.5, 0.6) is 11.5 Å². The Bertz CT molecular complexity index is 3090. The number of hydrogen-bond acceptors (Lipinski definition) is 4. The van der Waals surface area contributed by atoms with E-state index in [0.717, 1.165) is 67.1 Å². The minimum atomic E-state index is -0.000551. The molecule has 7 aromatic carbocycles. The molecule has 2 aromatic heterocycles. The van der Waals surface area contributed by atoms with Gasteiger partial charge in [-0.25, -0.2) is 4.98 Å². The molecule has 0 amide bonds. The third-order valence-electron chi connectivity index (χ3n) is 12.0. The van der Waals surface area contributed by atoms with Crippen molar-refractivity contribution >= 4 is 44.6 Å².